The van der Waals surface area contributed by atoms with Gasteiger partial charge in [0.2, 0.25) is 0 Å². The molecule has 0 aromatic heterocycles. The van der Waals surface area contributed by atoms with E-state index in [1.54, 1.807) is 13.8 Å². The van der Waals surface area contributed by atoms with Crippen molar-refractivity contribution >= 4 is 27.4 Å². The van der Waals surface area contributed by atoms with Crippen molar-refractivity contribution in [1.29, 1.82) is 0 Å². The largest absolute Gasteiger partial charge is 0.392 e. The molecule has 0 saturated carbocycles. The minimum Gasteiger partial charge on any atom is -0.392 e. The average molecular weight is 253 g/mol. The van der Waals surface area contributed by atoms with E-state index in [0.29, 0.717) is 6.42 Å². The zero-order chi connectivity index (χ0) is 12.1. The molecule has 0 aromatic carbocycles. The Morgan fingerprint density at radius 3 is 2.27 bits per heavy atom. The Kier molecular flexibility index (Phi) is 6.26. The van der Waals surface area contributed by atoms with Crippen LogP contribution in [0.3, 0.4) is 0 Å². The first-order valence-electron chi connectivity index (χ1n) is 4.87. The van der Waals surface area contributed by atoms with E-state index < -0.39 is 16.3 Å². The Balaban J connectivity index is 4.45. The Hall–Kier alpha value is -0.240. The molecule has 15 heavy (non-hydrogen) atoms. The molecule has 5 nitrogen and oxygen atoms in total. The van der Waals surface area contributed by atoms with Gasteiger partial charge in [-0.15, -0.1) is 0 Å². The summed E-state index contributed by atoms with van der Waals surface area (Å²) < 4.78 is 27.8. The van der Waals surface area contributed by atoms with Crippen molar-refractivity contribution in [1.82, 2.24) is 9.44 Å². The van der Waals surface area contributed by atoms with Crippen LogP contribution in [-0.4, -0.2) is 25.5 Å². The zero-order valence-corrected chi connectivity index (χ0v) is 10.9. The van der Waals surface area contributed by atoms with E-state index in [0.717, 1.165) is 6.42 Å². The maximum absolute atomic E-state index is 11.5. The number of nitrogens with one attached hydrogen (secondary N) is 2. The van der Waals surface area contributed by atoms with Crippen LogP contribution in [-0.2, 0) is 10.2 Å². The first kappa shape index (κ1) is 14.8. The van der Waals surface area contributed by atoms with E-state index in [4.69, 9.17) is 18.0 Å². The van der Waals surface area contributed by atoms with Gasteiger partial charge in [-0.25, -0.2) is 0 Å². The number of nitrogens with two attached hydrogens (primary N) is 1. The third kappa shape index (κ3) is 6.77. The highest BCUT2D eigenvalue weighted by atomic mass is 32.2. The molecule has 90 valence electrons. The minimum atomic E-state index is -3.51. The Morgan fingerprint density at radius 1 is 1.40 bits per heavy atom. The summed E-state index contributed by atoms with van der Waals surface area (Å²) in [6, 6.07) is -0.627. The first-order chi connectivity index (χ1) is 6.78. The van der Waals surface area contributed by atoms with Gasteiger partial charge in [-0.3, -0.25) is 0 Å². The van der Waals surface area contributed by atoms with Crippen LogP contribution < -0.4 is 15.2 Å². The summed E-state index contributed by atoms with van der Waals surface area (Å²) in [6.45, 7) is 5.43. The molecular formula is C8H19N3O2S2. The number of rotatable bonds is 7. The number of hydrogen-bond acceptors (Lipinski definition) is 3. The summed E-state index contributed by atoms with van der Waals surface area (Å²) in [4.78, 5) is 0.172. The highest BCUT2D eigenvalue weighted by molar-refractivity contribution is 7.87. The molecule has 0 heterocycles. The van der Waals surface area contributed by atoms with Gasteiger partial charge in [0.05, 0.1) is 11.0 Å². The van der Waals surface area contributed by atoms with Crippen molar-refractivity contribution in [2.24, 2.45) is 5.73 Å². The zero-order valence-electron chi connectivity index (χ0n) is 9.28. The Bertz CT molecular complexity index is 301. The van der Waals surface area contributed by atoms with E-state index in [9.17, 15) is 8.42 Å². The summed E-state index contributed by atoms with van der Waals surface area (Å²) in [5, 5.41) is 0. The van der Waals surface area contributed by atoms with E-state index in [1.807, 2.05) is 6.92 Å². The summed E-state index contributed by atoms with van der Waals surface area (Å²) >= 11 is 4.79. The second kappa shape index (κ2) is 6.37. The second-order valence-electron chi connectivity index (χ2n) is 3.64. The van der Waals surface area contributed by atoms with Gasteiger partial charge in [0, 0.05) is 6.04 Å². The van der Waals surface area contributed by atoms with Gasteiger partial charge in [0.1, 0.15) is 0 Å². The minimum absolute atomic E-state index is 0.156. The molecule has 0 aliphatic rings. The van der Waals surface area contributed by atoms with Crippen LogP contribution in [0.25, 0.3) is 0 Å². The van der Waals surface area contributed by atoms with Crippen molar-refractivity contribution in [2.75, 3.05) is 0 Å². The van der Waals surface area contributed by atoms with Crippen LogP contribution in [0.4, 0.5) is 0 Å². The molecule has 1 atom stereocenters. The van der Waals surface area contributed by atoms with Gasteiger partial charge >= 0.3 is 0 Å². The van der Waals surface area contributed by atoms with Gasteiger partial charge in [-0.05, 0) is 20.3 Å². The molecule has 0 saturated heterocycles. The van der Waals surface area contributed by atoms with Crippen molar-refractivity contribution < 1.29 is 8.42 Å². The summed E-state index contributed by atoms with van der Waals surface area (Å²) in [5.41, 5.74) is 5.44. The van der Waals surface area contributed by atoms with Crippen molar-refractivity contribution in [2.45, 2.75) is 45.7 Å². The van der Waals surface area contributed by atoms with Gasteiger partial charge in [0.25, 0.3) is 10.2 Å². The van der Waals surface area contributed by atoms with E-state index in [2.05, 4.69) is 9.44 Å². The molecule has 0 amide bonds. The van der Waals surface area contributed by atoms with Gasteiger partial charge < -0.3 is 5.73 Å². The molecule has 0 bridgehead atoms. The Morgan fingerprint density at radius 2 is 1.93 bits per heavy atom. The number of thiocarbonyl (C=S) groups is 1. The second-order valence-corrected chi connectivity index (χ2v) is 5.59. The molecule has 1 unspecified atom stereocenters. The molecule has 0 aliphatic heterocycles. The topological polar surface area (TPSA) is 84.2 Å². The lowest BCUT2D eigenvalue weighted by molar-refractivity contribution is 0.543. The molecule has 0 aliphatic carbocycles. The first-order valence-corrected chi connectivity index (χ1v) is 6.76. The maximum atomic E-state index is 11.5. The van der Waals surface area contributed by atoms with Crippen molar-refractivity contribution in [3.05, 3.63) is 0 Å². The lowest BCUT2D eigenvalue weighted by Gasteiger charge is -2.18. The van der Waals surface area contributed by atoms with Crippen LogP contribution >= 0.6 is 12.2 Å². The van der Waals surface area contributed by atoms with Gasteiger partial charge in [-0.1, -0.05) is 25.6 Å². The van der Waals surface area contributed by atoms with Gasteiger partial charge in [-0.2, -0.15) is 17.9 Å². The van der Waals surface area contributed by atoms with E-state index in [1.165, 1.54) is 0 Å². The monoisotopic (exact) mass is 253 g/mol. The van der Waals surface area contributed by atoms with Crippen LogP contribution in [0.2, 0.25) is 0 Å². The predicted molar refractivity (Wildman–Crippen MR) is 65.8 cm³/mol. The third-order valence-corrected chi connectivity index (χ3v) is 3.27. The standard InChI is InChI=1S/C8H19N3O2S2/c1-4-5-7(8(9)14)11-15(12,13)10-6(2)3/h6-7,10-11H,4-5H2,1-3H3,(H2,9,14). The lowest BCUT2D eigenvalue weighted by atomic mass is 10.2. The number of hydrogen-bond donors (Lipinski definition) is 3. The third-order valence-electron chi connectivity index (χ3n) is 1.61. The molecule has 0 aromatic rings. The fourth-order valence-electron chi connectivity index (χ4n) is 1.08. The fourth-order valence-corrected chi connectivity index (χ4v) is 2.64. The van der Waals surface area contributed by atoms with E-state index >= 15 is 0 Å². The molecule has 4 N–H and O–H groups in total. The average Bonchev–Trinajstić information content (AvgIpc) is 2.00. The summed E-state index contributed by atoms with van der Waals surface area (Å²) in [6.07, 6.45) is 1.42. The molecule has 0 radical (unpaired) electrons. The van der Waals surface area contributed by atoms with Crippen LogP contribution in [0.1, 0.15) is 33.6 Å². The summed E-state index contributed by atoms with van der Waals surface area (Å²) in [5.74, 6) is 0. The quantitative estimate of drug-likeness (QED) is 0.569. The highest BCUT2D eigenvalue weighted by Gasteiger charge is 2.19. The van der Waals surface area contributed by atoms with E-state index in [-0.39, 0.29) is 11.0 Å². The predicted octanol–water partition coefficient (Wildman–Crippen LogP) is 0.274. The SMILES string of the molecule is CCCC(NS(=O)(=O)NC(C)C)C(N)=S. The fraction of sp³-hybridized carbons (Fsp3) is 0.875. The molecule has 0 spiro atoms. The van der Waals surface area contributed by atoms with Gasteiger partial charge in [0.15, 0.2) is 0 Å². The summed E-state index contributed by atoms with van der Waals surface area (Å²) in [7, 11) is -3.51. The van der Waals surface area contributed by atoms with Crippen LogP contribution in [0.15, 0.2) is 0 Å². The Labute approximate surface area is 97.0 Å². The van der Waals surface area contributed by atoms with Crippen LogP contribution in [0, 0.1) is 0 Å². The smallest absolute Gasteiger partial charge is 0.277 e. The molecule has 7 heteroatoms. The molecular weight excluding hydrogens is 234 g/mol. The lowest BCUT2D eigenvalue weighted by Crippen LogP contribution is -2.49. The molecule has 0 fully saturated rings. The van der Waals surface area contributed by atoms with Crippen LogP contribution in [0.5, 0.6) is 0 Å². The maximum Gasteiger partial charge on any atom is 0.277 e. The van der Waals surface area contributed by atoms with Crippen molar-refractivity contribution in [3.63, 3.8) is 0 Å². The van der Waals surface area contributed by atoms with Crippen molar-refractivity contribution in [3.8, 4) is 0 Å². The highest BCUT2D eigenvalue weighted by Crippen LogP contribution is 1.99. The normalized spacial score (nSPS) is 14.1. The molecule has 0 rings (SSSR count).